The molecule has 1 unspecified atom stereocenters. The standard InChI is InChI=1S/C8H17N5O/c1-5(7(14)10-2)11-8(13-9)12-6-3-4-6/h5-6H,3-4,9H2,1-2H3,(H,10,14)(H2,11,12,13). The van der Waals surface area contributed by atoms with Crippen LogP contribution in [0.3, 0.4) is 0 Å². The topological polar surface area (TPSA) is 91.5 Å². The molecule has 6 nitrogen and oxygen atoms in total. The normalized spacial score (nSPS) is 18.6. The molecule has 0 aromatic rings. The predicted octanol–water partition coefficient (Wildman–Crippen LogP) is -1.31. The number of nitrogens with zero attached hydrogens (tertiary/aromatic N) is 1. The van der Waals surface area contributed by atoms with E-state index in [0.717, 1.165) is 12.8 Å². The lowest BCUT2D eigenvalue weighted by Crippen LogP contribution is -2.50. The fourth-order valence-electron chi connectivity index (χ4n) is 0.990. The highest BCUT2D eigenvalue weighted by Crippen LogP contribution is 2.23. The number of hydrogen-bond donors (Lipinski definition) is 4. The fraction of sp³-hybridized carbons (Fsp3) is 0.750. The summed E-state index contributed by atoms with van der Waals surface area (Å²) >= 11 is 0. The van der Waals surface area contributed by atoms with Gasteiger partial charge in [-0.1, -0.05) is 0 Å². The smallest absolute Gasteiger partial charge is 0.242 e. The van der Waals surface area contributed by atoms with Crippen LogP contribution in [0.25, 0.3) is 0 Å². The minimum Gasteiger partial charge on any atom is -0.357 e. The number of aliphatic imine (C=N–C) groups is 1. The highest BCUT2D eigenvalue weighted by Gasteiger charge is 2.22. The third kappa shape index (κ3) is 3.21. The van der Waals surface area contributed by atoms with E-state index in [1.165, 1.54) is 0 Å². The first kappa shape index (κ1) is 10.8. The molecule has 1 aliphatic rings. The van der Waals surface area contributed by atoms with Crippen molar-refractivity contribution < 1.29 is 4.79 Å². The molecule has 14 heavy (non-hydrogen) atoms. The van der Waals surface area contributed by atoms with Crippen LogP contribution in [0.2, 0.25) is 0 Å². The lowest BCUT2D eigenvalue weighted by molar-refractivity contribution is -0.121. The Morgan fingerprint density at radius 3 is 2.64 bits per heavy atom. The molecular formula is C8H17N5O. The van der Waals surface area contributed by atoms with Gasteiger partial charge in [0.25, 0.3) is 0 Å². The van der Waals surface area contributed by atoms with Gasteiger partial charge in [0.15, 0.2) is 0 Å². The van der Waals surface area contributed by atoms with Crippen LogP contribution in [-0.2, 0) is 4.79 Å². The third-order valence-electron chi connectivity index (χ3n) is 1.99. The lowest BCUT2D eigenvalue weighted by Gasteiger charge is -2.14. The number of guanidine groups is 1. The summed E-state index contributed by atoms with van der Waals surface area (Å²) in [5.41, 5.74) is 2.44. The van der Waals surface area contributed by atoms with Gasteiger partial charge in [0.1, 0.15) is 6.04 Å². The molecule has 1 aliphatic carbocycles. The number of amides is 1. The summed E-state index contributed by atoms with van der Waals surface area (Å²) in [5, 5.41) is 5.43. The Kier molecular flexibility index (Phi) is 3.70. The minimum atomic E-state index is -0.339. The zero-order chi connectivity index (χ0) is 10.6. The number of carbonyl (C=O) groups is 1. The second-order valence-electron chi connectivity index (χ2n) is 3.33. The van der Waals surface area contributed by atoms with E-state index in [4.69, 9.17) is 5.84 Å². The highest BCUT2D eigenvalue weighted by atomic mass is 16.2. The van der Waals surface area contributed by atoms with Gasteiger partial charge in [-0.25, -0.2) is 10.8 Å². The zero-order valence-electron chi connectivity index (χ0n) is 8.50. The van der Waals surface area contributed by atoms with Crippen molar-refractivity contribution in [1.82, 2.24) is 16.1 Å². The first-order chi connectivity index (χ1) is 6.67. The summed E-state index contributed by atoms with van der Waals surface area (Å²) < 4.78 is 0. The van der Waals surface area contributed by atoms with E-state index in [1.807, 2.05) is 0 Å². The number of likely N-dealkylation sites (N-methyl/N-ethyl adjacent to an activating group) is 1. The van der Waals surface area contributed by atoms with Crippen molar-refractivity contribution in [2.75, 3.05) is 7.05 Å². The van der Waals surface area contributed by atoms with E-state index in [9.17, 15) is 4.79 Å². The van der Waals surface area contributed by atoms with Crippen molar-refractivity contribution >= 4 is 11.9 Å². The van der Waals surface area contributed by atoms with E-state index in [1.54, 1.807) is 14.0 Å². The maximum atomic E-state index is 11.2. The van der Waals surface area contributed by atoms with Crippen LogP contribution in [0.15, 0.2) is 4.99 Å². The van der Waals surface area contributed by atoms with Gasteiger partial charge in [-0.3, -0.25) is 10.2 Å². The van der Waals surface area contributed by atoms with E-state index >= 15 is 0 Å². The van der Waals surface area contributed by atoms with E-state index in [0.29, 0.717) is 12.0 Å². The summed E-state index contributed by atoms with van der Waals surface area (Å²) in [4.78, 5) is 15.4. The molecule has 6 heteroatoms. The monoisotopic (exact) mass is 199 g/mol. The quantitative estimate of drug-likeness (QED) is 0.197. The lowest BCUT2D eigenvalue weighted by atomic mass is 10.3. The molecular weight excluding hydrogens is 182 g/mol. The SMILES string of the molecule is CNC(=O)C(C)NC(=NC1CC1)NN. The molecule has 0 saturated heterocycles. The Hall–Kier alpha value is -1.30. The molecule has 1 atom stereocenters. The molecule has 1 rings (SSSR count). The third-order valence-corrected chi connectivity index (χ3v) is 1.99. The number of hydrogen-bond acceptors (Lipinski definition) is 3. The Balaban J connectivity index is 2.42. The number of rotatable bonds is 3. The van der Waals surface area contributed by atoms with Crippen molar-refractivity contribution in [3.05, 3.63) is 0 Å². The summed E-state index contributed by atoms with van der Waals surface area (Å²) in [6.07, 6.45) is 2.20. The largest absolute Gasteiger partial charge is 0.357 e. The van der Waals surface area contributed by atoms with Crippen LogP contribution >= 0.6 is 0 Å². The second kappa shape index (κ2) is 4.80. The summed E-state index contributed by atoms with van der Waals surface area (Å²) in [5.74, 6) is 5.65. The molecule has 1 fully saturated rings. The van der Waals surface area contributed by atoms with Gasteiger partial charge >= 0.3 is 0 Å². The zero-order valence-corrected chi connectivity index (χ0v) is 8.50. The van der Waals surface area contributed by atoms with Crippen molar-refractivity contribution in [3.63, 3.8) is 0 Å². The Morgan fingerprint density at radius 2 is 2.21 bits per heavy atom. The molecule has 0 radical (unpaired) electrons. The molecule has 0 spiro atoms. The van der Waals surface area contributed by atoms with Gasteiger partial charge in [-0.05, 0) is 19.8 Å². The van der Waals surface area contributed by atoms with Gasteiger partial charge in [0.2, 0.25) is 11.9 Å². The second-order valence-corrected chi connectivity index (χ2v) is 3.33. The minimum absolute atomic E-state index is 0.0938. The molecule has 5 N–H and O–H groups in total. The van der Waals surface area contributed by atoms with Crippen LogP contribution in [0.4, 0.5) is 0 Å². The number of nitrogens with two attached hydrogens (primary N) is 1. The Morgan fingerprint density at radius 1 is 1.57 bits per heavy atom. The van der Waals surface area contributed by atoms with Crippen molar-refractivity contribution in [3.8, 4) is 0 Å². The molecule has 0 aromatic carbocycles. The van der Waals surface area contributed by atoms with Crippen molar-refractivity contribution in [1.29, 1.82) is 0 Å². The van der Waals surface area contributed by atoms with E-state index < -0.39 is 0 Å². The van der Waals surface area contributed by atoms with Crippen LogP contribution in [0.5, 0.6) is 0 Å². The van der Waals surface area contributed by atoms with E-state index in [-0.39, 0.29) is 11.9 Å². The molecule has 0 aliphatic heterocycles. The predicted molar refractivity (Wildman–Crippen MR) is 54.4 cm³/mol. The molecule has 0 heterocycles. The van der Waals surface area contributed by atoms with Crippen LogP contribution in [-0.4, -0.2) is 31.0 Å². The summed E-state index contributed by atoms with van der Waals surface area (Å²) in [6, 6.07) is 0.0268. The first-order valence-electron chi connectivity index (χ1n) is 4.70. The average molecular weight is 199 g/mol. The average Bonchev–Trinajstić information content (AvgIpc) is 2.99. The van der Waals surface area contributed by atoms with Crippen LogP contribution < -0.4 is 21.9 Å². The Bertz CT molecular complexity index is 236. The van der Waals surface area contributed by atoms with Crippen molar-refractivity contribution in [2.45, 2.75) is 31.8 Å². The Labute approximate surface area is 83.3 Å². The molecule has 1 saturated carbocycles. The van der Waals surface area contributed by atoms with Crippen molar-refractivity contribution in [2.24, 2.45) is 10.8 Å². The molecule has 80 valence electrons. The molecule has 1 amide bonds. The van der Waals surface area contributed by atoms with Gasteiger partial charge < -0.3 is 10.6 Å². The van der Waals surface area contributed by atoms with Crippen LogP contribution in [0.1, 0.15) is 19.8 Å². The first-order valence-corrected chi connectivity index (χ1v) is 4.70. The van der Waals surface area contributed by atoms with Gasteiger partial charge in [0, 0.05) is 7.05 Å². The fourth-order valence-corrected chi connectivity index (χ4v) is 0.990. The number of carbonyl (C=O) groups excluding carboxylic acids is 1. The van der Waals surface area contributed by atoms with E-state index in [2.05, 4.69) is 21.1 Å². The highest BCUT2D eigenvalue weighted by molar-refractivity contribution is 5.88. The maximum absolute atomic E-state index is 11.2. The number of nitrogens with one attached hydrogen (secondary N) is 3. The van der Waals surface area contributed by atoms with Crippen LogP contribution in [0, 0.1) is 0 Å². The molecule has 0 aromatic heterocycles. The molecule has 0 bridgehead atoms. The van der Waals surface area contributed by atoms with Gasteiger partial charge in [-0.2, -0.15) is 0 Å². The number of hydrazine groups is 1. The van der Waals surface area contributed by atoms with Gasteiger partial charge in [0.05, 0.1) is 6.04 Å². The van der Waals surface area contributed by atoms with Gasteiger partial charge in [-0.15, -0.1) is 0 Å². The maximum Gasteiger partial charge on any atom is 0.242 e. The summed E-state index contributed by atoms with van der Waals surface area (Å²) in [7, 11) is 1.59. The summed E-state index contributed by atoms with van der Waals surface area (Å²) in [6.45, 7) is 1.75.